The van der Waals surface area contributed by atoms with E-state index in [9.17, 15) is 0 Å². The molecular formula is C7H9BClNO3. The Bertz CT molecular complexity index is 295. The second-order valence-electron chi connectivity index (χ2n) is 2.35. The minimum Gasteiger partial charge on any atom is -0.478 e. The van der Waals surface area contributed by atoms with E-state index in [0.29, 0.717) is 12.5 Å². The van der Waals surface area contributed by atoms with Gasteiger partial charge in [-0.2, -0.15) is 0 Å². The fraction of sp³-hybridized carbons (Fsp3) is 0.286. The molecule has 2 N–H and O–H groups in total. The molecule has 0 aliphatic rings. The van der Waals surface area contributed by atoms with Crippen LogP contribution in [0.3, 0.4) is 0 Å². The SMILES string of the molecule is CCOc1cc(B(O)O)c(Cl)cn1. The van der Waals surface area contributed by atoms with Crippen LogP contribution in [0.15, 0.2) is 12.3 Å². The molecule has 13 heavy (non-hydrogen) atoms. The van der Waals surface area contributed by atoms with E-state index < -0.39 is 7.12 Å². The summed E-state index contributed by atoms with van der Waals surface area (Å²) in [4.78, 5) is 3.83. The average molecular weight is 201 g/mol. The largest absolute Gasteiger partial charge is 0.490 e. The van der Waals surface area contributed by atoms with Gasteiger partial charge in [0.2, 0.25) is 5.88 Å². The predicted molar refractivity (Wildman–Crippen MR) is 50.2 cm³/mol. The monoisotopic (exact) mass is 201 g/mol. The van der Waals surface area contributed by atoms with Crippen LogP contribution >= 0.6 is 11.6 Å². The van der Waals surface area contributed by atoms with Gasteiger partial charge >= 0.3 is 7.12 Å². The average Bonchev–Trinajstić information content (AvgIpc) is 2.08. The first-order chi connectivity index (χ1) is 6.15. The van der Waals surface area contributed by atoms with Gasteiger partial charge in [0.1, 0.15) is 0 Å². The van der Waals surface area contributed by atoms with Gasteiger partial charge in [0.05, 0.1) is 11.6 Å². The minimum atomic E-state index is -1.60. The van der Waals surface area contributed by atoms with Crippen molar-refractivity contribution < 1.29 is 14.8 Å². The fourth-order valence-corrected chi connectivity index (χ4v) is 1.06. The molecule has 0 aromatic carbocycles. The molecule has 1 rings (SSSR count). The van der Waals surface area contributed by atoms with E-state index in [-0.39, 0.29) is 10.5 Å². The molecule has 0 aliphatic carbocycles. The molecule has 1 aromatic rings. The normalized spacial score (nSPS) is 9.85. The maximum atomic E-state index is 8.88. The molecule has 6 heteroatoms. The van der Waals surface area contributed by atoms with Crippen LogP contribution in [-0.4, -0.2) is 28.8 Å². The molecule has 0 spiro atoms. The van der Waals surface area contributed by atoms with Gasteiger partial charge in [-0.25, -0.2) is 4.98 Å². The number of aromatic nitrogens is 1. The Morgan fingerprint density at radius 3 is 2.85 bits per heavy atom. The summed E-state index contributed by atoms with van der Waals surface area (Å²) in [5, 5.41) is 18.0. The Labute approximate surface area is 81.3 Å². The van der Waals surface area contributed by atoms with E-state index in [4.69, 9.17) is 26.4 Å². The van der Waals surface area contributed by atoms with Gasteiger partial charge < -0.3 is 14.8 Å². The lowest BCUT2D eigenvalue weighted by molar-refractivity contribution is 0.327. The van der Waals surface area contributed by atoms with E-state index >= 15 is 0 Å². The molecule has 1 aromatic heterocycles. The quantitative estimate of drug-likeness (QED) is 0.666. The molecule has 4 nitrogen and oxygen atoms in total. The Balaban J connectivity index is 2.97. The highest BCUT2D eigenvalue weighted by Gasteiger charge is 2.16. The highest BCUT2D eigenvalue weighted by molar-refractivity contribution is 6.62. The molecule has 0 atom stereocenters. The number of nitrogens with zero attached hydrogens (tertiary/aromatic N) is 1. The van der Waals surface area contributed by atoms with Crippen LogP contribution in [0.5, 0.6) is 5.88 Å². The molecule has 0 fully saturated rings. The van der Waals surface area contributed by atoms with Crippen LogP contribution in [0.2, 0.25) is 5.02 Å². The first kappa shape index (κ1) is 10.3. The van der Waals surface area contributed by atoms with Crippen molar-refractivity contribution in [3.05, 3.63) is 17.3 Å². The van der Waals surface area contributed by atoms with Crippen LogP contribution in [0, 0.1) is 0 Å². The third kappa shape index (κ3) is 2.58. The molecule has 0 radical (unpaired) electrons. The van der Waals surface area contributed by atoms with E-state index in [0.717, 1.165) is 0 Å². The van der Waals surface area contributed by atoms with Crippen molar-refractivity contribution in [2.24, 2.45) is 0 Å². The minimum absolute atomic E-state index is 0.195. The zero-order valence-electron chi connectivity index (χ0n) is 7.07. The highest BCUT2D eigenvalue weighted by Crippen LogP contribution is 2.09. The number of hydrogen-bond donors (Lipinski definition) is 2. The zero-order chi connectivity index (χ0) is 9.84. The summed E-state index contributed by atoms with van der Waals surface area (Å²) in [5.74, 6) is 0.329. The van der Waals surface area contributed by atoms with Crippen LogP contribution in [0.4, 0.5) is 0 Å². The first-order valence-corrected chi connectivity index (χ1v) is 4.17. The molecular weight excluding hydrogens is 192 g/mol. The molecule has 70 valence electrons. The summed E-state index contributed by atoms with van der Waals surface area (Å²) in [6, 6.07) is 1.40. The van der Waals surface area contributed by atoms with E-state index in [1.54, 1.807) is 0 Å². The van der Waals surface area contributed by atoms with Crippen molar-refractivity contribution in [3.8, 4) is 5.88 Å². The second kappa shape index (κ2) is 4.46. The van der Waals surface area contributed by atoms with E-state index in [1.165, 1.54) is 12.3 Å². The lowest BCUT2D eigenvalue weighted by Gasteiger charge is -2.05. The van der Waals surface area contributed by atoms with Gasteiger partial charge in [-0.15, -0.1) is 0 Å². The van der Waals surface area contributed by atoms with Crippen molar-refractivity contribution >= 4 is 24.2 Å². The smallest absolute Gasteiger partial charge is 0.478 e. The molecule has 0 bridgehead atoms. The molecule has 0 saturated heterocycles. The van der Waals surface area contributed by atoms with Gasteiger partial charge in [0.15, 0.2) is 0 Å². The first-order valence-electron chi connectivity index (χ1n) is 3.79. The van der Waals surface area contributed by atoms with Crippen molar-refractivity contribution in [2.75, 3.05) is 6.61 Å². The van der Waals surface area contributed by atoms with E-state index in [1.807, 2.05) is 6.92 Å². The summed E-state index contributed by atoms with van der Waals surface area (Å²) in [6.07, 6.45) is 1.32. The number of hydrogen-bond acceptors (Lipinski definition) is 4. The molecule has 0 aliphatic heterocycles. The predicted octanol–water partition coefficient (Wildman–Crippen LogP) is -0.187. The fourth-order valence-electron chi connectivity index (χ4n) is 0.859. The molecule has 1 heterocycles. The Morgan fingerprint density at radius 1 is 1.62 bits per heavy atom. The highest BCUT2D eigenvalue weighted by atomic mass is 35.5. The summed E-state index contributed by atoms with van der Waals surface area (Å²) in [6.45, 7) is 2.28. The molecule has 0 unspecified atom stereocenters. The van der Waals surface area contributed by atoms with Crippen molar-refractivity contribution in [1.29, 1.82) is 0 Å². The van der Waals surface area contributed by atoms with E-state index in [2.05, 4.69) is 4.98 Å². The van der Waals surface area contributed by atoms with Crippen molar-refractivity contribution in [1.82, 2.24) is 4.98 Å². The van der Waals surface area contributed by atoms with Crippen LogP contribution < -0.4 is 10.2 Å². The van der Waals surface area contributed by atoms with Gasteiger partial charge in [-0.05, 0) is 6.92 Å². The van der Waals surface area contributed by atoms with Crippen molar-refractivity contribution in [2.45, 2.75) is 6.92 Å². The summed E-state index contributed by atoms with van der Waals surface area (Å²) in [7, 11) is -1.60. The van der Waals surface area contributed by atoms with Crippen LogP contribution in [-0.2, 0) is 0 Å². The Hall–Kier alpha value is -0.775. The number of pyridine rings is 1. The van der Waals surface area contributed by atoms with Gasteiger partial charge in [-0.3, -0.25) is 0 Å². The Morgan fingerprint density at radius 2 is 2.31 bits per heavy atom. The lowest BCUT2D eigenvalue weighted by Crippen LogP contribution is -2.31. The number of rotatable bonds is 3. The maximum absolute atomic E-state index is 8.88. The van der Waals surface area contributed by atoms with Crippen LogP contribution in [0.1, 0.15) is 6.92 Å². The topological polar surface area (TPSA) is 62.6 Å². The summed E-state index contributed by atoms with van der Waals surface area (Å²) in [5.41, 5.74) is 0.195. The number of halogens is 1. The number of ether oxygens (including phenoxy) is 1. The molecule has 0 saturated carbocycles. The van der Waals surface area contributed by atoms with Gasteiger partial charge in [0.25, 0.3) is 0 Å². The van der Waals surface area contributed by atoms with Gasteiger partial charge in [0, 0.05) is 17.7 Å². The zero-order valence-corrected chi connectivity index (χ0v) is 7.82. The Kier molecular flexibility index (Phi) is 3.53. The lowest BCUT2D eigenvalue weighted by atomic mass is 9.81. The second-order valence-corrected chi connectivity index (χ2v) is 2.76. The van der Waals surface area contributed by atoms with Crippen LogP contribution in [0.25, 0.3) is 0 Å². The third-order valence-electron chi connectivity index (χ3n) is 1.43. The van der Waals surface area contributed by atoms with Crippen molar-refractivity contribution in [3.63, 3.8) is 0 Å². The maximum Gasteiger partial charge on any atom is 0.490 e. The molecule has 0 amide bonds. The third-order valence-corrected chi connectivity index (χ3v) is 1.75. The van der Waals surface area contributed by atoms with Gasteiger partial charge in [-0.1, -0.05) is 11.6 Å². The summed E-state index contributed by atoms with van der Waals surface area (Å²) >= 11 is 5.65. The standard InChI is InChI=1S/C7H9BClNO3/c1-2-13-7-3-5(8(11)12)6(9)4-10-7/h3-4,11-12H,2H2,1H3. The summed E-state index contributed by atoms with van der Waals surface area (Å²) < 4.78 is 5.06.